The van der Waals surface area contributed by atoms with Crippen LogP contribution in [0.1, 0.15) is 0 Å². The Kier molecular flexibility index (Phi) is 3.82. The third-order valence-electron chi connectivity index (χ3n) is 3.73. The highest BCUT2D eigenvalue weighted by Crippen LogP contribution is 2.24. The quantitative estimate of drug-likeness (QED) is 0.542. The van der Waals surface area contributed by atoms with Crippen LogP contribution in [0.3, 0.4) is 0 Å². The van der Waals surface area contributed by atoms with Crippen LogP contribution in [0.4, 0.5) is 0 Å². The predicted molar refractivity (Wildman–Crippen MR) is 96.1 cm³/mol. The van der Waals surface area contributed by atoms with Gasteiger partial charge in [-0.15, -0.1) is 0 Å². The standard InChI is InChI=1S/C21H15N3/c1-4-10-16(11-5-1)19-22-20(17-12-6-2-7-13-17)24-21(23-19)18-14-8-3-9-15-18/h1-15H. The first kappa shape index (κ1) is 14.3. The van der Waals surface area contributed by atoms with Crippen LogP contribution in [0.25, 0.3) is 34.2 Å². The van der Waals surface area contributed by atoms with Gasteiger partial charge in [-0.25, -0.2) is 15.0 Å². The van der Waals surface area contributed by atoms with Gasteiger partial charge in [-0.1, -0.05) is 91.0 Å². The maximum Gasteiger partial charge on any atom is 0.164 e. The van der Waals surface area contributed by atoms with Crippen molar-refractivity contribution >= 4 is 0 Å². The Balaban J connectivity index is 1.92. The molecule has 4 aromatic rings. The lowest BCUT2D eigenvalue weighted by Gasteiger charge is -2.08. The lowest BCUT2D eigenvalue weighted by Crippen LogP contribution is -1.99. The number of hydrogen-bond acceptors (Lipinski definition) is 3. The van der Waals surface area contributed by atoms with Crippen molar-refractivity contribution in [3.63, 3.8) is 0 Å². The lowest BCUT2D eigenvalue weighted by atomic mass is 10.1. The van der Waals surface area contributed by atoms with E-state index in [9.17, 15) is 0 Å². The Bertz CT molecular complexity index is 797. The van der Waals surface area contributed by atoms with Gasteiger partial charge in [0.1, 0.15) is 0 Å². The zero-order valence-corrected chi connectivity index (χ0v) is 13.0. The minimum atomic E-state index is 0.684. The number of rotatable bonds is 3. The van der Waals surface area contributed by atoms with Crippen LogP contribution >= 0.6 is 0 Å². The summed E-state index contributed by atoms with van der Waals surface area (Å²) in [6.45, 7) is 0. The molecule has 24 heavy (non-hydrogen) atoms. The van der Waals surface area contributed by atoms with Crippen molar-refractivity contribution in [3.05, 3.63) is 91.0 Å². The molecule has 3 heteroatoms. The molecule has 0 fully saturated rings. The topological polar surface area (TPSA) is 38.7 Å². The van der Waals surface area contributed by atoms with Gasteiger partial charge in [0, 0.05) is 16.7 Å². The first-order valence-corrected chi connectivity index (χ1v) is 7.82. The Labute approximate surface area is 140 Å². The fraction of sp³-hybridized carbons (Fsp3) is 0. The van der Waals surface area contributed by atoms with Crippen molar-refractivity contribution in [2.45, 2.75) is 0 Å². The third-order valence-corrected chi connectivity index (χ3v) is 3.73. The molecule has 0 saturated heterocycles. The average Bonchev–Trinajstić information content (AvgIpc) is 2.70. The summed E-state index contributed by atoms with van der Waals surface area (Å²) in [6, 6.07) is 30.0. The van der Waals surface area contributed by atoms with Gasteiger partial charge in [0.25, 0.3) is 0 Å². The minimum absolute atomic E-state index is 0.684. The summed E-state index contributed by atoms with van der Waals surface area (Å²) in [5.41, 5.74) is 2.94. The molecule has 0 aliphatic heterocycles. The third kappa shape index (κ3) is 2.92. The minimum Gasteiger partial charge on any atom is -0.208 e. The van der Waals surface area contributed by atoms with E-state index in [4.69, 9.17) is 0 Å². The van der Waals surface area contributed by atoms with Crippen LogP contribution in [-0.2, 0) is 0 Å². The van der Waals surface area contributed by atoms with Crippen molar-refractivity contribution in [2.75, 3.05) is 0 Å². The predicted octanol–water partition coefficient (Wildman–Crippen LogP) is 4.87. The number of nitrogens with zero attached hydrogens (tertiary/aromatic N) is 3. The summed E-state index contributed by atoms with van der Waals surface area (Å²) in [4.78, 5) is 14.0. The van der Waals surface area contributed by atoms with E-state index >= 15 is 0 Å². The van der Waals surface area contributed by atoms with E-state index in [0.29, 0.717) is 17.5 Å². The highest BCUT2D eigenvalue weighted by atomic mass is 15.0. The molecule has 1 heterocycles. The summed E-state index contributed by atoms with van der Waals surface area (Å²) >= 11 is 0. The fourth-order valence-corrected chi connectivity index (χ4v) is 2.52. The molecule has 3 aromatic carbocycles. The Morgan fingerprint density at radius 1 is 0.333 bits per heavy atom. The van der Waals surface area contributed by atoms with Crippen LogP contribution < -0.4 is 0 Å². The molecule has 0 atom stereocenters. The molecule has 0 aliphatic carbocycles. The maximum absolute atomic E-state index is 4.68. The smallest absolute Gasteiger partial charge is 0.164 e. The van der Waals surface area contributed by atoms with E-state index in [1.807, 2.05) is 91.0 Å². The summed E-state index contributed by atoms with van der Waals surface area (Å²) in [7, 11) is 0. The second-order valence-corrected chi connectivity index (χ2v) is 5.40. The molecule has 0 unspecified atom stereocenters. The molecule has 0 radical (unpaired) electrons. The zero-order valence-electron chi connectivity index (χ0n) is 13.0. The van der Waals surface area contributed by atoms with Crippen molar-refractivity contribution < 1.29 is 0 Å². The molecule has 0 N–H and O–H groups in total. The van der Waals surface area contributed by atoms with Gasteiger partial charge in [-0.2, -0.15) is 0 Å². The number of aromatic nitrogens is 3. The number of hydrogen-bond donors (Lipinski definition) is 0. The molecule has 0 saturated carbocycles. The van der Waals surface area contributed by atoms with Crippen molar-refractivity contribution in [1.82, 2.24) is 15.0 Å². The normalized spacial score (nSPS) is 10.5. The Hall–Kier alpha value is -3.33. The van der Waals surface area contributed by atoms with Crippen molar-refractivity contribution in [2.24, 2.45) is 0 Å². The first-order valence-electron chi connectivity index (χ1n) is 7.82. The molecule has 114 valence electrons. The fourth-order valence-electron chi connectivity index (χ4n) is 2.52. The second-order valence-electron chi connectivity index (χ2n) is 5.40. The Morgan fingerprint density at radius 3 is 0.833 bits per heavy atom. The number of benzene rings is 3. The zero-order chi connectivity index (χ0) is 16.2. The van der Waals surface area contributed by atoms with Crippen LogP contribution in [-0.4, -0.2) is 15.0 Å². The van der Waals surface area contributed by atoms with Gasteiger partial charge < -0.3 is 0 Å². The lowest BCUT2D eigenvalue weighted by molar-refractivity contribution is 1.07. The summed E-state index contributed by atoms with van der Waals surface area (Å²) in [5.74, 6) is 2.05. The summed E-state index contributed by atoms with van der Waals surface area (Å²) in [5, 5.41) is 0. The van der Waals surface area contributed by atoms with E-state index < -0.39 is 0 Å². The molecule has 4 rings (SSSR count). The van der Waals surface area contributed by atoms with Gasteiger partial charge in [0.2, 0.25) is 0 Å². The van der Waals surface area contributed by atoms with Gasteiger partial charge in [0.15, 0.2) is 17.5 Å². The first-order chi connectivity index (χ1) is 11.9. The van der Waals surface area contributed by atoms with Crippen molar-refractivity contribution in [1.29, 1.82) is 0 Å². The van der Waals surface area contributed by atoms with Gasteiger partial charge in [0.05, 0.1) is 0 Å². The molecule has 0 spiro atoms. The van der Waals surface area contributed by atoms with E-state index in [1.54, 1.807) is 0 Å². The van der Waals surface area contributed by atoms with E-state index in [0.717, 1.165) is 16.7 Å². The summed E-state index contributed by atoms with van der Waals surface area (Å²) in [6.07, 6.45) is 0. The summed E-state index contributed by atoms with van der Waals surface area (Å²) < 4.78 is 0. The van der Waals surface area contributed by atoms with Gasteiger partial charge in [-0.05, 0) is 0 Å². The molecular formula is C21H15N3. The highest BCUT2D eigenvalue weighted by Gasteiger charge is 2.11. The monoisotopic (exact) mass is 309 g/mol. The van der Waals surface area contributed by atoms with E-state index in [-0.39, 0.29) is 0 Å². The molecular weight excluding hydrogens is 294 g/mol. The van der Waals surface area contributed by atoms with E-state index in [1.165, 1.54) is 0 Å². The molecule has 3 nitrogen and oxygen atoms in total. The molecule has 0 aliphatic rings. The largest absolute Gasteiger partial charge is 0.208 e. The van der Waals surface area contributed by atoms with Crippen molar-refractivity contribution in [3.8, 4) is 34.2 Å². The maximum atomic E-state index is 4.68. The van der Waals surface area contributed by atoms with Crippen LogP contribution in [0.2, 0.25) is 0 Å². The van der Waals surface area contributed by atoms with Gasteiger partial charge >= 0.3 is 0 Å². The SMILES string of the molecule is c1ccc(-c2nc(-c3ccccc3)nc(-c3ccccc3)n2)cc1. The van der Waals surface area contributed by atoms with Crippen LogP contribution in [0.5, 0.6) is 0 Å². The van der Waals surface area contributed by atoms with Gasteiger partial charge in [-0.3, -0.25) is 0 Å². The molecule has 0 bridgehead atoms. The second kappa shape index (κ2) is 6.42. The van der Waals surface area contributed by atoms with Crippen LogP contribution in [0, 0.1) is 0 Å². The Morgan fingerprint density at radius 2 is 0.583 bits per heavy atom. The highest BCUT2D eigenvalue weighted by molar-refractivity contribution is 5.66. The molecule has 0 amide bonds. The molecule has 1 aromatic heterocycles. The average molecular weight is 309 g/mol. The van der Waals surface area contributed by atoms with Crippen LogP contribution in [0.15, 0.2) is 91.0 Å². The van der Waals surface area contributed by atoms with E-state index in [2.05, 4.69) is 15.0 Å².